The Kier molecular flexibility index (Phi) is 2.99. The zero-order valence-electron chi connectivity index (χ0n) is 9.51. The number of hydrogen-bond donors (Lipinski definition) is 2. The third-order valence-corrected chi connectivity index (χ3v) is 2.20. The molecule has 0 saturated carbocycles. The lowest BCUT2D eigenvalue weighted by atomic mass is 10.4. The maximum absolute atomic E-state index is 11.8. The van der Waals surface area contributed by atoms with Crippen LogP contribution in [0.5, 0.6) is 0 Å². The number of carbonyl (C=O) groups is 1. The van der Waals surface area contributed by atoms with Crippen LogP contribution in [-0.2, 0) is 7.05 Å². The molecule has 2 heterocycles. The SMILES string of the molecule is CNc1cnc(C(=O)Nc2ccnn2C)cn1. The highest BCUT2D eigenvalue weighted by atomic mass is 16.2. The Morgan fingerprint density at radius 2 is 2.18 bits per heavy atom. The Hall–Kier alpha value is -2.44. The topological polar surface area (TPSA) is 84.7 Å². The minimum Gasteiger partial charge on any atom is -0.372 e. The minimum atomic E-state index is -0.316. The lowest BCUT2D eigenvalue weighted by Gasteiger charge is -2.04. The quantitative estimate of drug-likeness (QED) is 0.805. The molecule has 0 aliphatic rings. The van der Waals surface area contributed by atoms with Crippen LogP contribution in [0, 0.1) is 0 Å². The Balaban J connectivity index is 2.12. The van der Waals surface area contributed by atoms with Crippen LogP contribution < -0.4 is 10.6 Å². The molecule has 0 aliphatic heterocycles. The molecular weight excluding hydrogens is 220 g/mol. The summed E-state index contributed by atoms with van der Waals surface area (Å²) in [6.07, 6.45) is 4.51. The highest BCUT2D eigenvalue weighted by Gasteiger charge is 2.09. The molecule has 0 radical (unpaired) electrons. The van der Waals surface area contributed by atoms with Crippen molar-refractivity contribution in [3.05, 3.63) is 30.4 Å². The molecule has 0 spiro atoms. The van der Waals surface area contributed by atoms with Crippen molar-refractivity contribution in [1.82, 2.24) is 19.7 Å². The average molecular weight is 232 g/mol. The number of aryl methyl sites for hydroxylation is 1. The van der Waals surface area contributed by atoms with Gasteiger partial charge >= 0.3 is 0 Å². The smallest absolute Gasteiger partial charge is 0.277 e. The standard InChI is InChI=1S/C10H12N6O/c1-11-8-6-12-7(5-13-8)10(17)15-9-3-4-14-16(9)2/h3-6H,1-2H3,(H,11,13)(H,15,17). The van der Waals surface area contributed by atoms with Gasteiger partial charge in [0.1, 0.15) is 17.3 Å². The summed E-state index contributed by atoms with van der Waals surface area (Å²) in [6, 6.07) is 1.70. The molecule has 2 aromatic rings. The van der Waals surface area contributed by atoms with Crippen molar-refractivity contribution in [2.24, 2.45) is 7.05 Å². The van der Waals surface area contributed by atoms with Crippen LogP contribution in [0.3, 0.4) is 0 Å². The molecule has 0 bridgehead atoms. The molecule has 7 nitrogen and oxygen atoms in total. The molecule has 2 rings (SSSR count). The van der Waals surface area contributed by atoms with Gasteiger partial charge in [0, 0.05) is 20.2 Å². The summed E-state index contributed by atoms with van der Waals surface area (Å²) >= 11 is 0. The van der Waals surface area contributed by atoms with E-state index in [0.29, 0.717) is 11.6 Å². The van der Waals surface area contributed by atoms with Gasteiger partial charge in [-0.25, -0.2) is 9.97 Å². The van der Waals surface area contributed by atoms with E-state index >= 15 is 0 Å². The number of anilines is 2. The van der Waals surface area contributed by atoms with Gasteiger partial charge in [0.15, 0.2) is 0 Å². The van der Waals surface area contributed by atoms with E-state index in [1.165, 1.54) is 12.4 Å². The molecule has 17 heavy (non-hydrogen) atoms. The highest BCUT2D eigenvalue weighted by molar-refractivity contribution is 6.02. The van der Waals surface area contributed by atoms with Crippen LogP contribution in [0.2, 0.25) is 0 Å². The van der Waals surface area contributed by atoms with E-state index < -0.39 is 0 Å². The van der Waals surface area contributed by atoms with Gasteiger partial charge in [-0.3, -0.25) is 9.48 Å². The first kappa shape index (κ1) is 11.1. The zero-order chi connectivity index (χ0) is 12.3. The lowest BCUT2D eigenvalue weighted by Crippen LogP contribution is -2.16. The van der Waals surface area contributed by atoms with Gasteiger partial charge in [-0.1, -0.05) is 0 Å². The van der Waals surface area contributed by atoms with E-state index in [1.807, 2.05) is 0 Å². The fourth-order valence-electron chi connectivity index (χ4n) is 1.25. The monoisotopic (exact) mass is 232 g/mol. The molecule has 0 atom stereocenters. The van der Waals surface area contributed by atoms with Gasteiger partial charge in [-0.2, -0.15) is 5.10 Å². The summed E-state index contributed by atoms with van der Waals surface area (Å²) in [5.74, 6) is 0.903. The molecule has 2 N–H and O–H groups in total. The number of nitrogens with zero attached hydrogens (tertiary/aromatic N) is 4. The van der Waals surface area contributed by atoms with E-state index in [9.17, 15) is 4.79 Å². The number of carbonyl (C=O) groups excluding carboxylic acids is 1. The van der Waals surface area contributed by atoms with Crippen LogP contribution in [0.15, 0.2) is 24.7 Å². The van der Waals surface area contributed by atoms with Crippen molar-refractivity contribution in [2.75, 3.05) is 17.7 Å². The van der Waals surface area contributed by atoms with Gasteiger partial charge in [-0.15, -0.1) is 0 Å². The summed E-state index contributed by atoms with van der Waals surface area (Å²) in [5.41, 5.74) is 0.255. The summed E-state index contributed by atoms with van der Waals surface area (Å²) in [5, 5.41) is 9.46. The minimum absolute atomic E-state index is 0.255. The first-order valence-corrected chi connectivity index (χ1v) is 5.00. The van der Waals surface area contributed by atoms with Crippen molar-refractivity contribution in [3.8, 4) is 0 Å². The van der Waals surface area contributed by atoms with Gasteiger partial charge in [-0.05, 0) is 0 Å². The van der Waals surface area contributed by atoms with Gasteiger partial charge in [0.2, 0.25) is 0 Å². The predicted molar refractivity (Wildman–Crippen MR) is 62.7 cm³/mol. The highest BCUT2D eigenvalue weighted by Crippen LogP contribution is 2.06. The molecule has 0 aliphatic carbocycles. The molecule has 7 heteroatoms. The second kappa shape index (κ2) is 4.60. The van der Waals surface area contributed by atoms with Crippen molar-refractivity contribution in [1.29, 1.82) is 0 Å². The molecule has 0 unspecified atom stereocenters. The third kappa shape index (κ3) is 2.39. The molecule has 0 aromatic carbocycles. The summed E-state index contributed by atoms with van der Waals surface area (Å²) in [6.45, 7) is 0. The van der Waals surface area contributed by atoms with Crippen LogP contribution in [0.4, 0.5) is 11.6 Å². The number of nitrogens with one attached hydrogen (secondary N) is 2. The van der Waals surface area contributed by atoms with E-state index in [2.05, 4.69) is 25.7 Å². The van der Waals surface area contributed by atoms with Crippen LogP contribution in [0.1, 0.15) is 10.5 Å². The van der Waals surface area contributed by atoms with Gasteiger partial charge in [0.05, 0.1) is 18.6 Å². The Labute approximate surface area is 97.9 Å². The third-order valence-electron chi connectivity index (χ3n) is 2.20. The molecule has 1 amide bonds. The normalized spacial score (nSPS) is 10.0. The van der Waals surface area contributed by atoms with Crippen LogP contribution >= 0.6 is 0 Å². The summed E-state index contributed by atoms with van der Waals surface area (Å²) < 4.78 is 1.56. The van der Waals surface area contributed by atoms with E-state index in [4.69, 9.17) is 0 Å². The molecule has 0 saturated heterocycles. The lowest BCUT2D eigenvalue weighted by molar-refractivity contribution is 0.102. The Morgan fingerprint density at radius 3 is 2.71 bits per heavy atom. The molecule has 0 fully saturated rings. The van der Waals surface area contributed by atoms with E-state index in [-0.39, 0.29) is 11.6 Å². The zero-order valence-corrected chi connectivity index (χ0v) is 9.51. The van der Waals surface area contributed by atoms with Gasteiger partial charge in [0.25, 0.3) is 5.91 Å². The average Bonchev–Trinajstić information content (AvgIpc) is 2.75. The Morgan fingerprint density at radius 1 is 1.35 bits per heavy atom. The summed E-state index contributed by atoms with van der Waals surface area (Å²) in [7, 11) is 3.48. The number of amides is 1. The van der Waals surface area contributed by atoms with Gasteiger partial charge < -0.3 is 10.6 Å². The van der Waals surface area contributed by atoms with E-state index in [0.717, 1.165) is 0 Å². The van der Waals surface area contributed by atoms with Crippen LogP contribution in [-0.4, -0.2) is 32.7 Å². The second-order valence-electron chi connectivity index (χ2n) is 3.33. The molecule has 2 aromatic heterocycles. The maximum atomic E-state index is 11.8. The number of aromatic nitrogens is 4. The largest absolute Gasteiger partial charge is 0.372 e. The fraction of sp³-hybridized carbons (Fsp3) is 0.200. The maximum Gasteiger partial charge on any atom is 0.277 e. The molecule has 88 valence electrons. The number of rotatable bonds is 3. The fourth-order valence-corrected chi connectivity index (χ4v) is 1.25. The second-order valence-corrected chi connectivity index (χ2v) is 3.33. The first-order valence-electron chi connectivity index (χ1n) is 5.00. The predicted octanol–water partition coefficient (Wildman–Crippen LogP) is 0.504. The van der Waals surface area contributed by atoms with Crippen molar-refractivity contribution >= 4 is 17.5 Å². The van der Waals surface area contributed by atoms with Crippen molar-refractivity contribution in [3.63, 3.8) is 0 Å². The van der Waals surface area contributed by atoms with Crippen molar-refractivity contribution < 1.29 is 4.79 Å². The van der Waals surface area contributed by atoms with E-state index in [1.54, 1.807) is 31.0 Å². The Bertz CT molecular complexity index is 518. The summed E-state index contributed by atoms with van der Waals surface area (Å²) in [4.78, 5) is 19.8. The first-order chi connectivity index (χ1) is 8.20. The van der Waals surface area contributed by atoms with Crippen LogP contribution in [0.25, 0.3) is 0 Å². The van der Waals surface area contributed by atoms with Crippen molar-refractivity contribution in [2.45, 2.75) is 0 Å². The number of hydrogen-bond acceptors (Lipinski definition) is 5. The molecular formula is C10H12N6O.